The highest BCUT2D eigenvalue weighted by Gasteiger charge is 2.15. The van der Waals surface area contributed by atoms with Crippen LogP contribution in [0.4, 0.5) is 8.78 Å². The summed E-state index contributed by atoms with van der Waals surface area (Å²) < 4.78 is 32.6. The van der Waals surface area contributed by atoms with Crippen LogP contribution in [0, 0.1) is 11.6 Å². The van der Waals surface area contributed by atoms with E-state index < -0.39 is 23.5 Å². The van der Waals surface area contributed by atoms with Crippen LogP contribution in [0.15, 0.2) is 40.9 Å². The number of rotatable bonds is 7. The van der Waals surface area contributed by atoms with E-state index in [0.717, 1.165) is 17.7 Å². The molecule has 2 aromatic rings. The maximum Gasteiger partial charge on any atom is 0.190 e. The van der Waals surface area contributed by atoms with Gasteiger partial charge in [0.25, 0.3) is 0 Å². The van der Waals surface area contributed by atoms with E-state index in [1.54, 1.807) is 12.1 Å². The van der Waals surface area contributed by atoms with E-state index in [0.29, 0.717) is 5.02 Å². The smallest absolute Gasteiger partial charge is 0.190 e. The molecule has 0 radical (unpaired) electrons. The zero-order valence-electron chi connectivity index (χ0n) is 12.9. The van der Waals surface area contributed by atoms with Crippen molar-refractivity contribution in [3.05, 3.63) is 63.1 Å². The third-order valence-corrected chi connectivity index (χ3v) is 4.12. The van der Waals surface area contributed by atoms with Crippen molar-refractivity contribution in [1.29, 1.82) is 0 Å². The molecule has 0 aliphatic rings. The highest BCUT2D eigenvalue weighted by atomic mass is 79.9. The third-order valence-electron chi connectivity index (χ3n) is 3.41. The van der Waals surface area contributed by atoms with Gasteiger partial charge in [0, 0.05) is 22.1 Å². The first-order valence-electron chi connectivity index (χ1n) is 7.31. The van der Waals surface area contributed by atoms with E-state index in [1.165, 1.54) is 0 Å². The highest BCUT2D eigenvalue weighted by molar-refractivity contribution is 9.10. The number of aliphatic hydroxyl groups excluding tert-OH is 1. The van der Waals surface area contributed by atoms with Gasteiger partial charge in [-0.1, -0.05) is 39.7 Å². The highest BCUT2D eigenvalue weighted by Crippen LogP contribution is 2.26. The molecule has 0 spiro atoms. The summed E-state index contributed by atoms with van der Waals surface area (Å²) in [6.07, 6.45) is -0.915. The van der Waals surface area contributed by atoms with Gasteiger partial charge in [-0.2, -0.15) is 0 Å². The van der Waals surface area contributed by atoms with Gasteiger partial charge < -0.3 is 15.2 Å². The summed E-state index contributed by atoms with van der Waals surface area (Å²) in [7, 11) is 0. The molecule has 0 fully saturated rings. The minimum Gasteiger partial charge on any atom is -0.485 e. The molecule has 0 heterocycles. The van der Waals surface area contributed by atoms with E-state index >= 15 is 0 Å². The van der Waals surface area contributed by atoms with E-state index in [2.05, 4.69) is 21.2 Å². The quantitative estimate of drug-likeness (QED) is 0.694. The lowest BCUT2D eigenvalue weighted by molar-refractivity contribution is 0.0993. The van der Waals surface area contributed by atoms with Gasteiger partial charge in [0.1, 0.15) is 12.7 Å². The second kappa shape index (κ2) is 8.76. The summed E-state index contributed by atoms with van der Waals surface area (Å²) in [5.41, 5.74) is 1.01. The molecule has 2 N–H and O–H groups in total. The molecule has 3 nitrogen and oxygen atoms in total. The number of nitrogens with one attached hydrogen (secondary N) is 1. The Morgan fingerprint density at radius 3 is 2.38 bits per heavy atom. The van der Waals surface area contributed by atoms with Crippen molar-refractivity contribution in [3.63, 3.8) is 0 Å². The predicted molar refractivity (Wildman–Crippen MR) is 93.4 cm³/mol. The summed E-state index contributed by atoms with van der Waals surface area (Å²) >= 11 is 8.83. The molecule has 2 rings (SSSR count). The second-order valence-corrected chi connectivity index (χ2v) is 6.70. The fourth-order valence-corrected chi connectivity index (χ4v) is 2.62. The Morgan fingerprint density at radius 1 is 1.21 bits per heavy atom. The Bertz CT molecular complexity index is 662. The molecule has 0 saturated heterocycles. The maximum absolute atomic E-state index is 13.6. The van der Waals surface area contributed by atoms with Crippen LogP contribution >= 0.6 is 27.5 Å². The molecular weight excluding hydrogens is 404 g/mol. The molecule has 7 heteroatoms. The first-order valence-corrected chi connectivity index (χ1v) is 8.48. The largest absolute Gasteiger partial charge is 0.485 e. The first-order chi connectivity index (χ1) is 11.4. The second-order valence-electron chi connectivity index (χ2n) is 5.34. The van der Waals surface area contributed by atoms with Gasteiger partial charge in [-0.15, -0.1) is 0 Å². The summed E-state index contributed by atoms with van der Waals surface area (Å²) in [4.78, 5) is 0. The van der Waals surface area contributed by atoms with E-state index in [4.69, 9.17) is 16.3 Å². The Morgan fingerprint density at radius 2 is 1.79 bits per heavy atom. The lowest BCUT2D eigenvalue weighted by Gasteiger charge is -2.18. The molecule has 0 saturated carbocycles. The van der Waals surface area contributed by atoms with Crippen LogP contribution < -0.4 is 10.1 Å². The van der Waals surface area contributed by atoms with E-state index in [9.17, 15) is 13.9 Å². The van der Waals surface area contributed by atoms with Gasteiger partial charge >= 0.3 is 0 Å². The first kappa shape index (κ1) is 19.1. The Balaban J connectivity index is 1.83. The number of hydrogen-bond donors (Lipinski definition) is 2. The fourth-order valence-electron chi connectivity index (χ4n) is 2.09. The summed E-state index contributed by atoms with van der Waals surface area (Å²) in [6, 6.07) is 9.53. The van der Waals surface area contributed by atoms with Gasteiger partial charge in [0.2, 0.25) is 0 Å². The predicted octanol–water partition coefficient (Wildman–Crippen LogP) is 4.47. The molecule has 2 unspecified atom stereocenters. The minimum absolute atomic E-state index is 0.0157. The normalized spacial score (nSPS) is 13.6. The maximum atomic E-state index is 13.6. The Kier molecular flexibility index (Phi) is 6.98. The zero-order chi connectivity index (χ0) is 17.7. The molecule has 0 amide bonds. The van der Waals surface area contributed by atoms with Gasteiger partial charge in [-0.3, -0.25) is 0 Å². The van der Waals surface area contributed by atoms with Crippen LogP contribution in [0.3, 0.4) is 0 Å². The number of benzene rings is 2. The molecule has 2 aromatic carbocycles. The lowest BCUT2D eigenvalue weighted by Crippen LogP contribution is -2.33. The van der Waals surface area contributed by atoms with Crippen molar-refractivity contribution in [2.45, 2.75) is 19.1 Å². The number of ether oxygens (including phenoxy) is 1. The van der Waals surface area contributed by atoms with Gasteiger partial charge in [0.15, 0.2) is 17.4 Å². The number of halogens is 4. The molecule has 0 aliphatic carbocycles. The number of hydrogen-bond acceptors (Lipinski definition) is 3. The molecular formula is C17H17BrClF2NO2. The third kappa shape index (κ3) is 5.41. The topological polar surface area (TPSA) is 41.5 Å². The molecule has 0 aliphatic heterocycles. The van der Waals surface area contributed by atoms with Crippen LogP contribution in [0.2, 0.25) is 5.02 Å². The summed E-state index contributed by atoms with van der Waals surface area (Å²) in [5.74, 6) is -2.14. The van der Waals surface area contributed by atoms with Crippen molar-refractivity contribution in [1.82, 2.24) is 5.32 Å². The van der Waals surface area contributed by atoms with Crippen LogP contribution in [-0.2, 0) is 0 Å². The van der Waals surface area contributed by atoms with Crippen molar-refractivity contribution in [2.75, 3.05) is 13.2 Å². The van der Waals surface area contributed by atoms with Crippen LogP contribution in [0.5, 0.6) is 5.75 Å². The Hall–Kier alpha value is -1.21. The fraction of sp³-hybridized carbons (Fsp3) is 0.294. The van der Waals surface area contributed by atoms with E-state index in [-0.39, 0.29) is 23.7 Å². The van der Waals surface area contributed by atoms with Gasteiger partial charge in [0.05, 0.1) is 0 Å². The summed E-state index contributed by atoms with van der Waals surface area (Å²) in [5, 5.41) is 13.7. The van der Waals surface area contributed by atoms with Crippen molar-refractivity contribution in [2.24, 2.45) is 0 Å². The lowest BCUT2D eigenvalue weighted by atomic mass is 10.1. The Labute approximate surface area is 152 Å². The summed E-state index contributed by atoms with van der Waals surface area (Å²) in [6.45, 7) is 1.92. The van der Waals surface area contributed by atoms with E-state index in [1.807, 2.05) is 19.1 Å². The molecule has 130 valence electrons. The molecule has 0 aromatic heterocycles. The van der Waals surface area contributed by atoms with Crippen LogP contribution in [-0.4, -0.2) is 24.4 Å². The van der Waals surface area contributed by atoms with Gasteiger partial charge in [-0.05, 0) is 36.8 Å². The molecule has 24 heavy (non-hydrogen) atoms. The number of aliphatic hydroxyl groups is 1. The zero-order valence-corrected chi connectivity index (χ0v) is 15.2. The van der Waals surface area contributed by atoms with Gasteiger partial charge in [-0.25, -0.2) is 8.78 Å². The minimum atomic E-state index is -0.915. The molecule has 2 atom stereocenters. The van der Waals surface area contributed by atoms with Crippen LogP contribution in [0.1, 0.15) is 18.5 Å². The van der Waals surface area contributed by atoms with Crippen molar-refractivity contribution < 1.29 is 18.6 Å². The standard InChI is InChI=1S/C17H17BrClF2NO2/c1-10(11-2-4-13(19)5-3-11)22-8-14(23)9-24-17-15(20)6-12(18)7-16(17)21/h2-7,10,14,22-23H,8-9H2,1H3. The van der Waals surface area contributed by atoms with Crippen molar-refractivity contribution in [3.8, 4) is 5.75 Å². The molecule has 0 bridgehead atoms. The SMILES string of the molecule is CC(NCC(O)COc1c(F)cc(Br)cc1F)c1ccc(Cl)cc1. The van der Waals surface area contributed by atoms with Crippen molar-refractivity contribution >= 4 is 27.5 Å². The average molecular weight is 421 g/mol. The van der Waals surface area contributed by atoms with Crippen LogP contribution in [0.25, 0.3) is 0 Å². The monoisotopic (exact) mass is 419 g/mol. The average Bonchev–Trinajstić information content (AvgIpc) is 2.52.